The van der Waals surface area contributed by atoms with E-state index in [1.807, 2.05) is 29.6 Å². The molecule has 0 aliphatic heterocycles. The lowest BCUT2D eigenvalue weighted by atomic mass is 9.84. The molecule has 0 spiro atoms. The third kappa shape index (κ3) is 7.22. The summed E-state index contributed by atoms with van der Waals surface area (Å²) in [5.41, 5.74) is 5.67. The number of sulfonamides is 1. The normalized spacial score (nSPS) is 14.3. The van der Waals surface area contributed by atoms with Crippen LogP contribution >= 0.6 is 11.3 Å². The van der Waals surface area contributed by atoms with Gasteiger partial charge in [0.15, 0.2) is 0 Å². The number of hydrogen-bond acceptors (Lipinski definition) is 6. The molecule has 1 fully saturated rings. The van der Waals surface area contributed by atoms with Crippen LogP contribution in [0.3, 0.4) is 0 Å². The highest BCUT2D eigenvalue weighted by molar-refractivity contribution is 7.89. The summed E-state index contributed by atoms with van der Waals surface area (Å²) in [4.78, 5) is 15.8. The van der Waals surface area contributed by atoms with Crippen molar-refractivity contribution in [3.8, 4) is 11.3 Å². The van der Waals surface area contributed by atoms with Crippen LogP contribution < -0.4 is 5.32 Å². The highest BCUT2D eigenvalue weighted by atomic mass is 32.2. The Morgan fingerprint density at radius 2 is 1.66 bits per heavy atom. The molecule has 1 aromatic heterocycles. The topological polar surface area (TPSA) is 99.6 Å². The van der Waals surface area contributed by atoms with Crippen molar-refractivity contribution < 1.29 is 18.3 Å². The van der Waals surface area contributed by atoms with Crippen LogP contribution in [0, 0.1) is 0 Å². The maximum atomic E-state index is 12.9. The van der Waals surface area contributed by atoms with E-state index in [0.29, 0.717) is 5.01 Å². The third-order valence-corrected chi connectivity index (χ3v) is 10.4. The number of carbonyl (C=O) groups is 1. The van der Waals surface area contributed by atoms with Gasteiger partial charge in [0.05, 0.1) is 22.7 Å². The number of rotatable bonds is 11. The minimum absolute atomic E-state index is 0.0386. The second-order valence-corrected chi connectivity index (χ2v) is 13.5. The van der Waals surface area contributed by atoms with Crippen LogP contribution in [-0.4, -0.2) is 42.4 Å². The van der Waals surface area contributed by atoms with Gasteiger partial charge in [-0.05, 0) is 72.7 Å². The fourth-order valence-corrected chi connectivity index (χ4v) is 7.31. The number of aromatic nitrogens is 1. The first-order valence-corrected chi connectivity index (χ1v) is 16.3. The molecule has 1 heterocycles. The van der Waals surface area contributed by atoms with Crippen LogP contribution in [0.5, 0.6) is 0 Å². The molecule has 0 radical (unpaired) electrons. The van der Waals surface area contributed by atoms with Crippen LogP contribution in [0.2, 0.25) is 0 Å². The molecule has 0 atom stereocenters. The first kappa shape index (κ1) is 29.0. The fraction of sp³-hybridized carbons (Fsp3) is 0.312. The molecule has 1 aliphatic rings. The summed E-state index contributed by atoms with van der Waals surface area (Å²) in [5.74, 6) is -0.362. The van der Waals surface area contributed by atoms with E-state index in [2.05, 4.69) is 34.6 Å². The summed E-state index contributed by atoms with van der Waals surface area (Å²) in [5, 5.41) is 15.1. The summed E-state index contributed by atoms with van der Waals surface area (Å²) in [6.45, 7) is 0.970. The number of carboxylic acids is 1. The average Bonchev–Trinajstić information content (AvgIpc) is 3.47. The lowest BCUT2D eigenvalue weighted by Gasteiger charge is -2.22. The molecule has 0 unspecified atom stereocenters. The van der Waals surface area contributed by atoms with Gasteiger partial charge in [0.25, 0.3) is 0 Å². The number of aromatic carboxylic acids is 1. The predicted molar refractivity (Wildman–Crippen MR) is 164 cm³/mol. The Labute approximate surface area is 245 Å². The van der Waals surface area contributed by atoms with Gasteiger partial charge in [0.2, 0.25) is 10.0 Å². The van der Waals surface area contributed by atoms with E-state index in [9.17, 15) is 13.2 Å². The molecule has 7 nitrogen and oxygen atoms in total. The average molecular weight is 590 g/mol. The van der Waals surface area contributed by atoms with Crippen LogP contribution in [0.25, 0.3) is 11.3 Å². The molecule has 4 aromatic rings. The molecule has 9 heteroatoms. The number of hydrogen-bond donors (Lipinski definition) is 2. The van der Waals surface area contributed by atoms with Crippen molar-refractivity contribution >= 4 is 33.0 Å². The Morgan fingerprint density at radius 1 is 0.976 bits per heavy atom. The van der Waals surface area contributed by atoms with Crippen molar-refractivity contribution in [2.24, 2.45) is 0 Å². The van der Waals surface area contributed by atoms with Crippen LogP contribution in [0.4, 0.5) is 5.69 Å². The van der Waals surface area contributed by atoms with E-state index >= 15 is 0 Å². The maximum Gasteiger partial charge on any atom is 0.335 e. The second kappa shape index (κ2) is 13.0. The summed E-state index contributed by atoms with van der Waals surface area (Å²) in [6, 6.07) is 22.5. The van der Waals surface area contributed by atoms with Crippen molar-refractivity contribution in [3.63, 3.8) is 0 Å². The smallest absolute Gasteiger partial charge is 0.335 e. The van der Waals surface area contributed by atoms with Crippen molar-refractivity contribution in [2.45, 2.75) is 55.9 Å². The first-order valence-electron chi connectivity index (χ1n) is 14.0. The zero-order valence-corrected chi connectivity index (χ0v) is 24.8. The maximum absolute atomic E-state index is 12.9. The summed E-state index contributed by atoms with van der Waals surface area (Å²) in [7, 11) is -2.29. The molecule has 2 N–H and O–H groups in total. The van der Waals surface area contributed by atoms with Crippen LogP contribution in [-0.2, 0) is 23.0 Å². The second-order valence-electron chi connectivity index (χ2n) is 10.5. The summed E-state index contributed by atoms with van der Waals surface area (Å²) in [6.07, 6.45) is 7.70. The van der Waals surface area contributed by atoms with Gasteiger partial charge < -0.3 is 10.4 Å². The van der Waals surface area contributed by atoms with E-state index in [4.69, 9.17) is 5.11 Å². The minimum Gasteiger partial charge on any atom is -0.478 e. The summed E-state index contributed by atoms with van der Waals surface area (Å²) < 4.78 is 27.1. The number of thiazole rings is 1. The first-order chi connectivity index (χ1) is 19.8. The number of nitrogens with one attached hydrogen (secondary N) is 1. The van der Waals surface area contributed by atoms with Gasteiger partial charge >= 0.3 is 5.97 Å². The predicted octanol–water partition coefficient (Wildman–Crippen LogP) is 7.03. The van der Waals surface area contributed by atoms with Crippen LogP contribution in [0.1, 0.15) is 64.5 Å². The van der Waals surface area contributed by atoms with Crippen molar-refractivity contribution in [1.82, 2.24) is 9.29 Å². The number of anilines is 1. The standard InChI is InChI=1S/C32H35N3O4S2/c1-35(41(38,39)29-17-13-27(14-18-29)32(36)37)21-31-34-30(22-40-31)26-11-15-28(16-12-26)33-20-19-23-7-9-25(10-8-23)24-5-3-2-4-6-24/h7-18,22,24,33H,2-6,19-21H2,1H3,(H,36,37). The molecule has 1 aliphatic carbocycles. The molecular weight excluding hydrogens is 555 g/mol. The highest BCUT2D eigenvalue weighted by Gasteiger charge is 2.22. The lowest BCUT2D eigenvalue weighted by molar-refractivity contribution is 0.0696. The van der Waals surface area contributed by atoms with Gasteiger partial charge in [0, 0.05) is 30.2 Å². The minimum atomic E-state index is -3.78. The Balaban J connectivity index is 1.13. The van der Waals surface area contributed by atoms with Crippen molar-refractivity contribution in [3.05, 3.63) is 99.9 Å². The van der Waals surface area contributed by atoms with Crippen LogP contribution in [0.15, 0.2) is 83.1 Å². The van der Waals surface area contributed by atoms with Gasteiger partial charge in [-0.3, -0.25) is 0 Å². The molecule has 214 valence electrons. The molecular formula is C32H35N3O4S2. The largest absolute Gasteiger partial charge is 0.478 e. The number of carboxylic acid groups (broad SMARTS) is 1. The fourth-order valence-electron chi connectivity index (χ4n) is 5.24. The Morgan fingerprint density at radius 3 is 2.32 bits per heavy atom. The van der Waals surface area contributed by atoms with E-state index < -0.39 is 16.0 Å². The van der Waals surface area contributed by atoms with Gasteiger partial charge in [-0.2, -0.15) is 4.31 Å². The Kier molecular flexibility index (Phi) is 9.17. The molecule has 1 saturated carbocycles. The molecule has 0 bridgehead atoms. The van der Waals surface area contributed by atoms with Crippen molar-refractivity contribution in [2.75, 3.05) is 18.9 Å². The third-order valence-electron chi connectivity index (χ3n) is 7.70. The molecule has 0 saturated heterocycles. The number of nitrogens with zero attached hydrogens (tertiary/aromatic N) is 2. The molecule has 0 amide bonds. The number of benzene rings is 3. The quantitative estimate of drug-likeness (QED) is 0.195. The Bertz CT molecular complexity index is 1560. The molecule has 3 aromatic carbocycles. The molecule has 5 rings (SSSR count). The monoisotopic (exact) mass is 589 g/mol. The van der Waals surface area contributed by atoms with E-state index in [-0.39, 0.29) is 17.0 Å². The van der Waals surface area contributed by atoms with E-state index in [1.165, 1.54) is 90.2 Å². The van der Waals surface area contributed by atoms with Gasteiger partial charge in [-0.15, -0.1) is 11.3 Å². The Hall–Kier alpha value is -3.53. The van der Waals surface area contributed by atoms with E-state index in [1.54, 1.807) is 0 Å². The van der Waals surface area contributed by atoms with Gasteiger partial charge in [-0.1, -0.05) is 55.7 Å². The molecule has 41 heavy (non-hydrogen) atoms. The van der Waals surface area contributed by atoms with E-state index in [0.717, 1.165) is 35.8 Å². The van der Waals surface area contributed by atoms with Gasteiger partial charge in [0.1, 0.15) is 5.01 Å². The lowest BCUT2D eigenvalue weighted by Crippen LogP contribution is -2.26. The van der Waals surface area contributed by atoms with Crippen molar-refractivity contribution in [1.29, 1.82) is 0 Å². The zero-order valence-electron chi connectivity index (χ0n) is 23.1. The van der Waals surface area contributed by atoms with Gasteiger partial charge in [-0.25, -0.2) is 18.2 Å². The zero-order chi connectivity index (χ0) is 28.8. The highest BCUT2D eigenvalue weighted by Crippen LogP contribution is 2.32. The SMILES string of the molecule is CN(Cc1nc(-c2ccc(NCCc3ccc(C4CCCCC4)cc3)cc2)cs1)S(=O)(=O)c1ccc(C(=O)O)cc1. The summed E-state index contributed by atoms with van der Waals surface area (Å²) >= 11 is 1.41.